The Morgan fingerprint density at radius 1 is 1.05 bits per heavy atom. The first kappa shape index (κ1) is 17.7. The van der Waals surface area contributed by atoms with E-state index >= 15 is 0 Å². The molecule has 0 saturated carbocycles. The second-order valence-corrected chi connectivity index (χ2v) is 9.73. The molecule has 0 fully saturated rings. The molecule has 0 radical (unpaired) electrons. The Morgan fingerprint density at radius 3 is 2.33 bits per heavy atom. The van der Waals surface area contributed by atoms with Crippen molar-refractivity contribution in [2.24, 2.45) is 0 Å². The van der Waals surface area contributed by atoms with E-state index < -0.39 is 0 Å². The quantitative estimate of drug-likeness (QED) is 0.484. The highest BCUT2D eigenvalue weighted by molar-refractivity contribution is 9.12. The van der Waals surface area contributed by atoms with Gasteiger partial charge in [-0.25, -0.2) is 0 Å². The maximum Gasteiger partial charge on any atom is 0.0761 e. The lowest BCUT2D eigenvalue weighted by molar-refractivity contribution is 0.596. The molecule has 5 heteroatoms. The Kier molecular flexibility index (Phi) is 6.51. The fourth-order valence-electron chi connectivity index (χ4n) is 2.34. The van der Waals surface area contributed by atoms with Crippen molar-refractivity contribution in [2.75, 3.05) is 6.54 Å². The molecule has 1 aromatic heterocycles. The first-order chi connectivity index (χ1) is 9.93. The first-order valence-corrected chi connectivity index (χ1v) is 10.1. The van der Waals surface area contributed by atoms with Gasteiger partial charge < -0.3 is 5.32 Å². The predicted molar refractivity (Wildman–Crippen MR) is 103 cm³/mol. The standard InChI is InChI=1S/C16H18Br3NS/c1-4-5-20-15(12-8-14(18)21-16(12)19)11-6-10(3)13(17)7-9(11)2/h6-8,15,20H,4-5H2,1-3H3. The molecule has 1 unspecified atom stereocenters. The van der Waals surface area contributed by atoms with Crippen LogP contribution in [0.5, 0.6) is 0 Å². The topological polar surface area (TPSA) is 12.0 Å². The van der Waals surface area contributed by atoms with Gasteiger partial charge >= 0.3 is 0 Å². The molecule has 0 aliphatic carbocycles. The Morgan fingerprint density at radius 2 is 1.76 bits per heavy atom. The first-order valence-electron chi connectivity index (χ1n) is 6.88. The van der Waals surface area contributed by atoms with Gasteiger partial charge in [0.05, 0.1) is 13.6 Å². The highest BCUT2D eigenvalue weighted by Crippen LogP contribution is 2.39. The third-order valence-corrected chi connectivity index (χ3v) is 6.69. The molecule has 0 aliphatic heterocycles. The third-order valence-electron chi connectivity index (χ3n) is 3.45. The summed E-state index contributed by atoms with van der Waals surface area (Å²) in [5.41, 5.74) is 5.21. The molecule has 21 heavy (non-hydrogen) atoms. The molecular weight excluding hydrogens is 478 g/mol. The Bertz CT molecular complexity index is 637. The minimum Gasteiger partial charge on any atom is -0.306 e. The summed E-state index contributed by atoms with van der Waals surface area (Å²) < 4.78 is 3.51. The van der Waals surface area contributed by atoms with Crippen LogP contribution in [0.15, 0.2) is 30.2 Å². The second-order valence-electron chi connectivity index (χ2n) is 5.12. The van der Waals surface area contributed by atoms with E-state index in [0.29, 0.717) is 0 Å². The monoisotopic (exact) mass is 493 g/mol. The molecule has 1 aromatic carbocycles. The predicted octanol–water partition coefficient (Wildman–Crippen LogP) is 6.74. The van der Waals surface area contributed by atoms with Gasteiger partial charge in [0, 0.05) is 4.47 Å². The minimum atomic E-state index is 0.216. The zero-order chi connectivity index (χ0) is 15.6. The van der Waals surface area contributed by atoms with E-state index in [9.17, 15) is 0 Å². The van der Waals surface area contributed by atoms with Crippen LogP contribution in [-0.2, 0) is 0 Å². The molecule has 1 atom stereocenters. The molecular formula is C16H18Br3NS. The fraction of sp³-hybridized carbons (Fsp3) is 0.375. The molecule has 2 aromatic rings. The molecule has 0 amide bonds. The molecule has 0 bridgehead atoms. The lowest BCUT2D eigenvalue weighted by Gasteiger charge is -2.22. The Balaban J connectivity index is 2.50. The van der Waals surface area contributed by atoms with Crippen LogP contribution in [0.25, 0.3) is 0 Å². The van der Waals surface area contributed by atoms with Gasteiger partial charge in [0.25, 0.3) is 0 Å². The van der Waals surface area contributed by atoms with Crippen molar-refractivity contribution in [3.8, 4) is 0 Å². The van der Waals surface area contributed by atoms with Crippen molar-refractivity contribution < 1.29 is 0 Å². The van der Waals surface area contributed by atoms with Crippen molar-refractivity contribution in [3.63, 3.8) is 0 Å². The molecule has 2 rings (SSSR count). The highest BCUT2D eigenvalue weighted by Gasteiger charge is 2.21. The number of halogens is 3. The number of nitrogens with one attached hydrogen (secondary N) is 1. The van der Waals surface area contributed by atoms with Crippen LogP contribution in [0.3, 0.4) is 0 Å². The number of aryl methyl sites for hydroxylation is 2. The average molecular weight is 496 g/mol. The Hall–Kier alpha value is 0.320. The lowest BCUT2D eigenvalue weighted by atomic mass is 9.95. The van der Waals surface area contributed by atoms with Gasteiger partial charge in [0.2, 0.25) is 0 Å². The zero-order valence-electron chi connectivity index (χ0n) is 12.3. The molecule has 114 valence electrons. The van der Waals surface area contributed by atoms with E-state index in [2.05, 4.69) is 92.1 Å². The van der Waals surface area contributed by atoms with E-state index in [-0.39, 0.29) is 6.04 Å². The summed E-state index contributed by atoms with van der Waals surface area (Å²) in [6.45, 7) is 7.51. The van der Waals surface area contributed by atoms with Gasteiger partial charge in [-0.2, -0.15) is 0 Å². The SMILES string of the molecule is CCCNC(c1cc(C)c(Br)cc1C)c1cc(Br)sc1Br. The van der Waals surface area contributed by atoms with Crippen molar-refractivity contribution in [1.82, 2.24) is 5.32 Å². The van der Waals surface area contributed by atoms with E-state index in [1.165, 1.54) is 30.5 Å². The zero-order valence-corrected chi connectivity index (χ0v) is 17.8. The van der Waals surface area contributed by atoms with E-state index in [1.807, 2.05) is 0 Å². The second kappa shape index (κ2) is 7.73. The summed E-state index contributed by atoms with van der Waals surface area (Å²) in [5, 5.41) is 3.68. The van der Waals surface area contributed by atoms with Gasteiger partial charge in [0.1, 0.15) is 0 Å². The van der Waals surface area contributed by atoms with E-state index in [4.69, 9.17) is 0 Å². The van der Waals surface area contributed by atoms with Gasteiger partial charge in [-0.15, -0.1) is 11.3 Å². The van der Waals surface area contributed by atoms with Crippen LogP contribution >= 0.6 is 59.1 Å². The number of benzene rings is 1. The van der Waals surface area contributed by atoms with E-state index in [0.717, 1.165) is 16.8 Å². The van der Waals surface area contributed by atoms with Crippen molar-refractivity contribution >= 4 is 59.1 Å². The highest BCUT2D eigenvalue weighted by atomic mass is 79.9. The van der Waals surface area contributed by atoms with Gasteiger partial charge in [-0.05, 0) is 93.1 Å². The minimum absolute atomic E-state index is 0.216. The van der Waals surface area contributed by atoms with E-state index in [1.54, 1.807) is 11.3 Å². The summed E-state index contributed by atoms with van der Waals surface area (Å²) in [6, 6.07) is 6.92. The summed E-state index contributed by atoms with van der Waals surface area (Å²) in [5.74, 6) is 0. The normalized spacial score (nSPS) is 12.7. The van der Waals surface area contributed by atoms with Crippen LogP contribution < -0.4 is 5.32 Å². The number of rotatable bonds is 5. The van der Waals surface area contributed by atoms with Crippen LogP contribution in [0, 0.1) is 13.8 Å². The number of hydrogen-bond donors (Lipinski definition) is 1. The summed E-state index contributed by atoms with van der Waals surface area (Å²) in [4.78, 5) is 0. The average Bonchev–Trinajstić information content (AvgIpc) is 2.75. The van der Waals surface area contributed by atoms with Crippen LogP contribution in [-0.4, -0.2) is 6.54 Å². The van der Waals surface area contributed by atoms with Crippen molar-refractivity contribution in [3.05, 3.63) is 52.5 Å². The molecule has 1 nitrogen and oxygen atoms in total. The number of thiophene rings is 1. The molecule has 1 heterocycles. The summed E-state index contributed by atoms with van der Waals surface area (Å²) in [6.07, 6.45) is 1.12. The fourth-order valence-corrected chi connectivity index (χ4v) is 5.70. The van der Waals surface area contributed by atoms with Gasteiger partial charge in [-0.3, -0.25) is 0 Å². The molecule has 1 N–H and O–H groups in total. The maximum atomic E-state index is 3.70. The van der Waals surface area contributed by atoms with Crippen LogP contribution in [0.2, 0.25) is 0 Å². The molecule has 0 aliphatic rings. The summed E-state index contributed by atoms with van der Waals surface area (Å²) >= 11 is 12.6. The smallest absolute Gasteiger partial charge is 0.0761 e. The van der Waals surface area contributed by atoms with Crippen molar-refractivity contribution in [2.45, 2.75) is 33.2 Å². The summed E-state index contributed by atoms with van der Waals surface area (Å²) in [7, 11) is 0. The molecule has 0 saturated heterocycles. The van der Waals surface area contributed by atoms with Gasteiger partial charge in [-0.1, -0.05) is 28.9 Å². The maximum absolute atomic E-state index is 3.70. The molecule has 0 spiro atoms. The van der Waals surface area contributed by atoms with Gasteiger partial charge in [0.15, 0.2) is 0 Å². The van der Waals surface area contributed by atoms with Crippen molar-refractivity contribution in [1.29, 1.82) is 0 Å². The number of hydrogen-bond acceptors (Lipinski definition) is 2. The largest absolute Gasteiger partial charge is 0.306 e. The van der Waals surface area contributed by atoms with Crippen LogP contribution in [0.1, 0.15) is 41.6 Å². The Labute approximate surface area is 155 Å². The lowest BCUT2D eigenvalue weighted by Crippen LogP contribution is -2.24. The van der Waals surface area contributed by atoms with Crippen LogP contribution in [0.4, 0.5) is 0 Å². The third kappa shape index (κ3) is 4.20.